The Hall–Kier alpha value is -0.980. The van der Waals surface area contributed by atoms with E-state index in [9.17, 15) is 0 Å². The second kappa shape index (κ2) is 4.02. The van der Waals surface area contributed by atoms with Gasteiger partial charge in [0.2, 0.25) is 0 Å². The Balaban J connectivity index is 2.74. The summed E-state index contributed by atoms with van der Waals surface area (Å²) in [5.41, 5.74) is 1.32. The lowest BCUT2D eigenvalue weighted by Crippen LogP contribution is -1.86. The summed E-state index contributed by atoms with van der Waals surface area (Å²) in [5, 5.41) is 0. The van der Waals surface area contributed by atoms with Crippen molar-refractivity contribution in [1.29, 1.82) is 0 Å². The van der Waals surface area contributed by atoms with Gasteiger partial charge in [-0.1, -0.05) is 25.5 Å². The molecule has 0 N–H and O–H groups in total. The number of rotatable bonds is 3. The van der Waals surface area contributed by atoms with E-state index in [-0.39, 0.29) is 0 Å². The molecular formula is C10H13O. The van der Waals surface area contributed by atoms with Crippen molar-refractivity contribution in [2.75, 3.05) is 7.11 Å². The van der Waals surface area contributed by atoms with Crippen LogP contribution in [0.25, 0.3) is 0 Å². The van der Waals surface area contributed by atoms with Gasteiger partial charge >= 0.3 is 0 Å². The van der Waals surface area contributed by atoms with Gasteiger partial charge in [0.15, 0.2) is 0 Å². The summed E-state index contributed by atoms with van der Waals surface area (Å²) in [6.07, 6.45) is 2.29. The van der Waals surface area contributed by atoms with Crippen LogP contribution >= 0.6 is 0 Å². The second-order valence-electron chi connectivity index (χ2n) is 2.52. The van der Waals surface area contributed by atoms with Crippen LogP contribution in [0.15, 0.2) is 18.2 Å². The molecule has 1 heteroatoms. The van der Waals surface area contributed by atoms with Gasteiger partial charge in [-0.15, -0.1) is 0 Å². The van der Waals surface area contributed by atoms with Crippen molar-refractivity contribution in [3.63, 3.8) is 0 Å². The minimum atomic E-state index is 0.830. The molecule has 11 heavy (non-hydrogen) atoms. The van der Waals surface area contributed by atoms with Gasteiger partial charge in [-0.25, -0.2) is 0 Å². The summed E-state index contributed by atoms with van der Waals surface area (Å²) >= 11 is 0. The third-order valence-electron chi connectivity index (χ3n) is 1.60. The molecule has 0 spiro atoms. The monoisotopic (exact) mass is 149 g/mol. The first-order valence-corrected chi connectivity index (χ1v) is 3.91. The van der Waals surface area contributed by atoms with E-state index in [2.05, 4.69) is 19.1 Å². The molecule has 1 aromatic rings. The Morgan fingerprint density at radius 3 is 3.00 bits per heavy atom. The van der Waals surface area contributed by atoms with Gasteiger partial charge in [-0.2, -0.15) is 0 Å². The van der Waals surface area contributed by atoms with E-state index >= 15 is 0 Å². The minimum Gasteiger partial charge on any atom is -0.496 e. The van der Waals surface area contributed by atoms with E-state index in [1.165, 1.54) is 12.0 Å². The average Bonchev–Trinajstić information content (AvgIpc) is 2.06. The fourth-order valence-electron chi connectivity index (χ4n) is 1.05. The maximum atomic E-state index is 5.05. The molecule has 0 bridgehead atoms. The Morgan fingerprint density at radius 1 is 1.55 bits per heavy atom. The molecule has 0 saturated carbocycles. The summed E-state index contributed by atoms with van der Waals surface area (Å²) in [7, 11) is 1.67. The van der Waals surface area contributed by atoms with Crippen LogP contribution in [0.5, 0.6) is 5.75 Å². The van der Waals surface area contributed by atoms with E-state index < -0.39 is 0 Å². The topological polar surface area (TPSA) is 9.23 Å². The van der Waals surface area contributed by atoms with E-state index in [0.717, 1.165) is 12.2 Å². The molecule has 1 nitrogen and oxygen atoms in total. The third-order valence-corrected chi connectivity index (χ3v) is 1.60. The van der Waals surface area contributed by atoms with E-state index in [0.29, 0.717) is 0 Å². The molecule has 0 aliphatic carbocycles. The van der Waals surface area contributed by atoms with Crippen molar-refractivity contribution < 1.29 is 4.74 Å². The zero-order chi connectivity index (χ0) is 8.10. The molecule has 0 unspecified atom stereocenters. The summed E-state index contributed by atoms with van der Waals surface area (Å²) in [4.78, 5) is 0. The summed E-state index contributed by atoms with van der Waals surface area (Å²) in [6, 6.07) is 9.01. The fourth-order valence-corrected chi connectivity index (χ4v) is 1.05. The average molecular weight is 149 g/mol. The molecule has 0 fully saturated rings. The van der Waals surface area contributed by atoms with Crippen molar-refractivity contribution in [2.45, 2.75) is 19.8 Å². The highest BCUT2D eigenvalue weighted by Crippen LogP contribution is 2.12. The third kappa shape index (κ3) is 2.26. The largest absolute Gasteiger partial charge is 0.496 e. The minimum absolute atomic E-state index is 0.830. The highest BCUT2D eigenvalue weighted by Gasteiger charge is 1.93. The molecule has 1 rings (SSSR count). The molecule has 0 saturated heterocycles. The van der Waals surface area contributed by atoms with Gasteiger partial charge in [0.25, 0.3) is 0 Å². The first-order valence-electron chi connectivity index (χ1n) is 3.91. The maximum absolute atomic E-state index is 5.05. The van der Waals surface area contributed by atoms with Crippen LogP contribution in [0, 0.1) is 6.07 Å². The molecule has 1 aromatic carbocycles. The number of benzene rings is 1. The van der Waals surface area contributed by atoms with Crippen LogP contribution < -0.4 is 4.74 Å². The zero-order valence-corrected chi connectivity index (χ0v) is 7.05. The van der Waals surface area contributed by atoms with Gasteiger partial charge in [-0.05, 0) is 18.1 Å². The van der Waals surface area contributed by atoms with Crippen molar-refractivity contribution in [3.05, 3.63) is 29.8 Å². The molecule has 0 aliphatic rings. The molecule has 59 valence electrons. The van der Waals surface area contributed by atoms with Crippen molar-refractivity contribution in [3.8, 4) is 5.75 Å². The predicted octanol–water partition coefficient (Wildman–Crippen LogP) is 2.45. The van der Waals surface area contributed by atoms with Crippen LogP contribution in [0.3, 0.4) is 0 Å². The molecule has 0 heterocycles. The smallest absolute Gasteiger partial charge is 0.127 e. The molecule has 0 amide bonds. The lowest BCUT2D eigenvalue weighted by atomic mass is 10.1. The number of hydrogen-bond acceptors (Lipinski definition) is 1. The van der Waals surface area contributed by atoms with E-state index in [1.54, 1.807) is 7.11 Å². The van der Waals surface area contributed by atoms with E-state index in [4.69, 9.17) is 4.74 Å². The molecule has 1 radical (unpaired) electrons. The molecule has 0 aromatic heterocycles. The van der Waals surface area contributed by atoms with Crippen LogP contribution in [-0.4, -0.2) is 7.11 Å². The highest BCUT2D eigenvalue weighted by atomic mass is 16.5. The van der Waals surface area contributed by atoms with Crippen LogP contribution in [0.4, 0.5) is 0 Å². The Labute approximate surface area is 68.0 Å². The van der Waals surface area contributed by atoms with Crippen molar-refractivity contribution in [1.82, 2.24) is 0 Å². The summed E-state index contributed by atoms with van der Waals surface area (Å²) < 4.78 is 5.05. The maximum Gasteiger partial charge on any atom is 0.127 e. The normalized spacial score (nSPS) is 9.64. The van der Waals surface area contributed by atoms with Gasteiger partial charge in [0.05, 0.1) is 7.11 Å². The van der Waals surface area contributed by atoms with Crippen LogP contribution in [-0.2, 0) is 6.42 Å². The summed E-state index contributed by atoms with van der Waals surface area (Å²) in [5.74, 6) is 0.830. The van der Waals surface area contributed by atoms with Crippen molar-refractivity contribution in [2.24, 2.45) is 0 Å². The Kier molecular flexibility index (Phi) is 2.96. The van der Waals surface area contributed by atoms with E-state index in [1.807, 2.05) is 12.1 Å². The number of methoxy groups -OCH3 is 1. The second-order valence-corrected chi connectivity index (χ2v) is 2.52. The standard InChI is InChI=1S/C10H13O/c1-3-5-9-6-4-7-10(8-9)11-2/h4,6,8H,3,5H2,1-2H3. The Bertz CT molecular complexity index is 218. The molecular weight excluding hydrogens is 136 g/mol. The lowest BCUT2D eigenvalue weighted by Gasteiger charge is -2.01. The first-order chi connectivity index (χ1) is 5.36. The fraction of sp³-hybridized carbons (Fsp3) is 0.400. The van der Waals surface area contributed by atoms with Crippen molar-refractivity contribution >= 4 is 0 Å². The van der Waals surface area contributed by atoms with Crippen LogP contribution in [0.2, 0.25) is 0 Å². The zero-order valence-electron chi connectivity index (χ0n) is 7.05. The summed E-state index contributed by atoms with van der Waals surface area (Å²) in [6.45, 7) is 2.17. The van der Waals surface area contributed by atoms with Gasteiger partial charge in [0.1, 0.15) is 5.75 Å². The predicted molar refractivity (Wildman–Crippen MR) is 45.8 cm³/mol. The number of ether oxygens (including phenoxy) is 1. The number of aryl methyl sites for hydroxylation is 1. The lowest BCUT2D eigenvalue weighted by molar-refractivity contribution is 0.413. The molecule has 0 aliphatic heterocycles. The van der Waals surface area contributed by atoms with Crippen LogP contribution in [0.1, 0.15) is 18.9 Å². The van der Waals surface area contributed by atoms with Gasteiger partial charge < -0.3 is 4.74 Å². The first kappa shape index (κ1) is 8.12. The Morgan fingerprint density at radius 2 is 2.36 bits per heavy atom. The SMILES string of the molecule is CCCc1cc[c]c(OC)c1. The molecule has 0 atom stereocenters. The quantitative estimate of drug-likeness (QED) is 0.641. The van der Waals surface area contributed by atoms with Gasteiger partial charge in [-0.3, -0.25) is 0 Å². The van der Waals surface area contributed by atoms with Gasteiger partial charge in [0, 0.05) is 6.07 Å². The highest BCUT2D eigenvalue weighted by molar-refractivity contribution is 5.27. The number of hydrogen-bond donors (Lipinski definition) is 0.